The maximum absolute atomic E-state index is 10.2. The number of aliphatic imine (C=N–C) groups is 1. The summed E-state index contributed by atoms with van der Waals surface area (Å²) < 4.78 is 5.28. The Morgan fingerprint density at radius 1 is 1.35 bits per heavy atom. The lowest BCUT2D eigenvalue weighted by Gasteiger charge is -2.26. The average molecular weight is 433 g/mol. The summed E-state index contributed by atoms with van der Waals surface area (Å²) in [7, 11) is 1.64. The first-order chi connectivity index (χ1) is 10.7. The van der Waals surface area contributed by atoms with Gasteiger partial charge in [-0.3, -0.25) is 0 Å². The minimum atomic E-state index is -0.347. The van der Waals surface area contributed by atoms with Gasteiger partial charge in [0, 0.05) is 12.1 Å². The molecule has 0 amide bonds. The number of benzene rings is 1. The van der Waals surface area contributed by atoms with Crippen molar-refractivity contribution in [3.05, 3.63) is 29.8 Å². The number of nitrogens with one attached hydrogen (secondary N) is 1. The predicted molar refractivity (Wildman–Crippen MR) is 104 cm³/mol. The van der Waals surface area contributed by atoms with E-state index in [4.69, 9.17) is 10.5 Å². The molecular formula is C17H28IN3O2. The second-order valence-corrected chi connectivity index (χ2v) is 5.86. The van der Waals surface area contributed by atoms with Crippen molar-refractivity contribution >= 4 is 29.9 Å². The molecule has 0 spiro atoms. The third kappa shape index (κ3) is 6.55. The van der Waals surface area contributed by atoms with Crippen molar-refractivity contribution in [1.29, 1.82) is 0 Å². The Kier molecular flexibility index (Phi) is 9.31. The normalized spacial score (nSPS) is 17.2. The lowest BCUT2D eigenvalue weighted by Crippen LogP contribution is -2.40. The Morgan fingerprint density at radius 3 is 2.74 bits per heavy atom. The van der Waals surface area contributed by atoms with Crippen LogP contribution in [0.15, 0.2) is 29.3 Å². The molecule has 1 aliphatic rings. The molecule has 0 bridgehead atoms. The van der Waals surface area contributed by atoms with Crippen molar-refractivity contribution in [2.45, 2.75) is 44.8 Å². The number of nitrogens with zero attached hydrogens (tertiary/aromatic N) is 1. The molecule has 5 nitrogen and oxygen atoms in total. The fourth-order valence-corrected chi connectivity index (χ4v) is 2.95. The van der Waals surface area contributed by atoms with Crippen molar-refractivity contribution in [3.8, 4) is 5.75 Å². The average Bonchev–Trinajstić information content (AvgIpc) is 2.58. The molecule has 2 rings (SSSR count). The number of aliphatic hydroxyl groups excluding tert-OH is 1. The van der Waals surface area contributed by atoms with Gasteiger partial charge in [-0.25, -0.2) is 4.99 Å². The van der Waals surface area contributed by atoms with Crippen LogP contribution in [0.3, 0.4) is 0 Å². The van der Waals surface area contributed by atoms with Gasteiger partial charge in [0.1, 0.15) is 5.75 Å². The molecule has 1 aromatic rings. The van der Waals surface area contributed by atoms with Gasteiger partial charge in [-0.05, 0) is 24.8 Å². The summed E-state index contributed by atoms with van der Waals surface area (Å²) in [4.78, 5) is 4.31. The minimum absolute atomic E-state index is 0. The van der Waals surface area contributed by atoms with Crippen LogP contribution in [0.4, 0.5) is 0 Å². The summed E-state index contributed by atoms with van der Waals surface area (Å²) in [6.45, 7) is 0.925. The first kappa shape index (κ1) is 20.0. The molecule has 6 heteroatoms. The summed E-state index contributed by atoms with van der Waals surface area (Å²) in [6.07, 6.45) is 5.61. The van der Waals surface area contributed by atoms with Gasteiger partial charge in [0.25, 0.3) is 0 Å². The fourth-order valence-electron chi connectivity index (χ4n) is 2.95. The summed E-state index contributed by atoms with van der Waals surface area (Å²) in [5.41, 5.74) is 6.87. The van der Waals surface area contributed by atoms with E-state index in [1.54, 1.807) is 7.11 Å². The van der Waals surface area contributed by atoms with Gasteiger partial charge >= 0.3 is 0 Å². The molecule has 130 valence electrons. The van der Waals surface area contributed by atoms with E-state index < -0.39 is 0 Å². The molecule has 23 heavy (non-hydrogen) atoms. The number of para-hydroxylation sites is 1. The molecule has 0 saturated heterocycles. The Labute approximate surface area is 155 Å². The first-order valence-electron chi connectivity index (χ1n) is 8.04. The topological polar surface area (TPSA) is 79.9 Å². The molecule has 1 aromatic carbocycles. The summed E-state index contributed by atoms with van der Waals surface area (Å²) in [5.74, 6) is 1.56. The smallest absolute Gasteiger partial charge is 0.189 e. The molecule has 0 aliphatic heterocycles. The second kappa shape index (κ2) is 10.7. The molecule has 0 radical (unpaired) electrons. The fraction of sp³-hybridized carbons (Fsp3) is 0.588. The van der Waals surface area contributed by atoms with E-state index in [2.05, 4.69) is 10.3 Å². The second-order valence-electron chi connectivity index (χ2n) is 5.86. The first-order valence-corrected chi connectivity index (χ1v) is 8.04. The highest BCUT2D eigenvalue weighted by Crippen LogP contribution is 2.26. The number of aliphatic hydroxyl groups is 1. The van der Waals surface area contributed by atoms with E-state index in [-0.39, 0.29) is 30.1 Å². The third-order valence-corrected chi connectivity index (χ3v) is 4.30. The predicted octanol–water partition coefficient (Wildman–Crippen LogP) is 2.66. The van der Waals surface area contributed by atoms with Crippen LogP contribution in [-0.2, 0) is 6.54 Å². The minimum Gasteiger partial charge on any atom is -0.496 e. The molecule has 4 N–H and O–H groups in total. The van der Waals surface area contributed by atoms with Gasteiger partial charge in [0.2, 0.25) is 0 Å². The van der Waals surface area contributed by atoms with E-state index in [1.165, 1.54) is 19.3 Å². The largest absolute Gasteiger partial charge is 0.496 e. The number of ether oxygens (including phenoxy) is 1. The molecule has 0 aromatic heterocycles. The van der Waals surface area contributed by atoms with Crippen molar-refractivity contribution in [3.63, 3.8) is 0 Å². The van der Waals surface area contributed by atoms with Crippen LogP contribution in [0, 0.1) is 5.92 Å². The third-order valence-electron chi connectivity index (χ3n) is 4.30. The quantitative estimate of drug-likeness (QED) is 0.366. The molecule has 1 aliphatic carbocycles. The molecule has 0 heterocycles. The number of hydrogen-bond donors (Lipinski definition) is 3. The van der Waals surface area contributed by atoms with Crippen LogP contribution in [0.1, 0.15) is 37.7 Å². The number of rotatable bonds is 6. The number of nitrogens with two attached hydrogens (primary N) is 1. The van der Waals surface area contributed by atoms with Crippen molar-refractivity contribution in [2.24, 2.45) is 16.6 Å². The maximum Gasteiger partial charge on any atom is 0.189 e. The number of halogens is 1. The SMILES string of the molecule is COc1ccccc1CN=C(N)NCC(O)C1CCCCC1.I. The molecular weight excluding hydrogens is 405 g/mol. The van der Waals surface area contributed by atoms with Gasteiger partial charge in [0.05, 0.1) is 19.8 Å². The zero-order chi connectivity index (χ0) is 15.8. The van der Waals surface area contributed by atoms with Crippen LogP contribution in [0.25, 0.3) is 0 Å². The standard InChI is InChI=1S/C17H27N3O2.HI/c1-22-16-10-6-5-9-14(16)11-19-17(18)20-12-15(21)13-7-3-2-4-8-13;/h5-6,9-10,13,15,21H,2-4,7-8,11-12H2,1H3,(H3,18,19,20);1H. The number of hydrogen-bond acceptors (Lipinski definition) is 3. The monoisotopic (exact) mass is 433 g/mol. The Hall–Kier alpha value is -1.02. The van der Waals surface area contributed by atoms with Crippen LogP contribution in [0.5, 0.6) is 5.75 Å². The number of methoxy groups -OCH3 is 1. The van der Waals surface area contributed by atoms with Gasteiger partial charge in [-0.15, -0.1) is 24.0 Å². The van der Waals surface area contributed by atoms with Crippen LogP contribution in [0.2, 0.25) is 0 Å². The van der Waals surface area contributed by atoms with E-state index in [9.17, 15) is 5.11 Å². The van der Waals surface area contributed by atoms with Crippen molar-refractivity contribution in [1.82, 2.24) is 5.32 Å². The maximum atomic E-state index is 10.2. The molecule has 1 unspecified atom stereocenters. The Morgan fingerprint density at radius 2 is 2.04 bits per heavy atom. The molecule has 1 atom stereocenters. The van der Waals surface area contributed by atoms with Gasteiger partial charge in [-0.2, -0.15) is 0 Å². The van der Waals surface area contributed by atoms with E-state index in [0.29, 0.717) is 25.0 Å². The zero-order valence-corrected chi connectivity index (χ0v) is 16.0. The van der Waals surface area contributed by atoms with E-state index in [0.717, 1.165) is 24.2 Å². The highest BCUT2D eigenvalue weighted by atomic mass is 127. The molecule has 1 saturated carbocycles. The summed E-state index contributed by atoms with van der Waals surface area (Å²) >= 11 is 0. The van der Waals surface area contributed by atoms with Gasteiger partial charge in [0.15, 0.2) is 5.96 Å². The highest BCUT2D eigenvalue weighted by Gasteiger charge is 2.21. The van der Waals surface area contributed by atoms with Crippen molar-refractivity contribution in [2.75, 3.05) is 13.7 Å². The highest BCUT2D eigenvalue weighted by molar-refractivity contribution is 14.0. The summed E-state index contributed by atoms with van der Waals surface area (Å²) in [5, 5.41) is 13.2. The number of guanidine groups is 1. The Bertz CT molecular complexity index is 490. The van der Waals surface area contributed by atoms with Crippen molar-refractivity contribution < 1.29 is 9.84 Å². The van der Waals surface area contributed by atoms with E-state index in [1.807, 2.05) is 24.3 Å². The lowest BCUT2D eigenvalue weighted by molar-refractivity contribution is 0.0881. The van der Waals surface area contributed by atoms with Gasteiger partial charge in [-0.1, -0.05) is 37.5 Å². The van der Waals surface area contributed by atoms with Crippen LogP contribution in [-0.4, -0.2) is 30.8 Å². The van der Waals surface area contributed by atoms with Crippen LogP contribution >= 0.6 is 24.0 Å². The Balaban J connectivity index is 0.00000264. The van der Waals surface area contributed by atoms with E-state index >= 15 is 0 Å². The zero-order valence-electron chi connectivity index (χ0n) is 13.7. The lowest BCUT2D eigenvalue weighted by atomic mass is 9.85. The van der Waals surface area contributed by atoms with Crippen LogP contribution < -0.4 is 15.8 Å². The molecule has 1 fully saturated rings. The summed E-state index contributed by atoms with van der Waals surface area (Å²) in [6, 6.07) is 7.74. The van der Waals surface area contributed by atoms with Gasteiger partial charge < -0.3 is 20.9 Å².